The summed E-state index contributed by atoms with van der Waals surface area (Å²) >= 11 is 0. The number of hydrogen-bond acceptors (Lipinski definition) is 7. The monoisotopic (exact) mass is 414 g/mol. The van der Waals surface area contributed by atoms with Gasteiger partial charge in [-0.25, -0.2) is 14.4 Å². The molecule has 0 aromatic carbocycles. The number of ketones is 1. The molecule has 3 aliphatic rings. The molecule has 0 spiro atoms. The van der Waals surface area contributed by atoms with Gasteiger partial charge in [0.2, 0.25) is 5.60 Å². The van der Waals surface area contributed by atoms with E-state index in [0.29, 0.717) is 5.57 Å². The lowest BCUT2D eigenvalue weighted by atomic mass is 9.77. The summed E-state index contributed by atoms with van der Waals surface area (Å²) in [6.45, 7) is 15.2. The van der Waals surface area contributed by atoms with Crippen LogP contribution in [0.1, 0.15) is 41.0 Å². The fourth-order valence-electron chi connectivity index (χ4n) is 4.54. The minimum atomic E-state index is -1.71. The Morgan fingerprint density at radius 2 is 1.73 bits per heavy atom. The minimum Gasteiger partial charge on any atom is -0.458 e. The van der Waals surface area contributed by atoms with Crippen LogP contribution in [0.5, 0.6) is 0 Å². The maximum atomic E-state index is 12.9. The largest absolute Gasteiger partial charge is 0.458 e. The summed E-state index contributed by atoms with van der Waals surface area (Å²) in [6, 6.07) is 0. The molecule has 0 bridgehead atoms. The van der Waals surface area contributed by atoms with E-state index in [1.165, 1.54) is 26.8 Å². The van der Waals surface area contributed by atoms with E-state index in [4.69, 9.17) is 14.2 Å². The standard InChI is InChI=1S/C23H26O7/c1-10(2)20(25)28-15-9-13(6)16-14(24)8-12(5)17(16)19-18(15)23(7,22(27)29-19)30-21(26)11(3)4/h8,15,17-19H,1,3,9H2,2,4-7H3/t15-,17+,18+,19+,23-/m1/s1. The highest BCUT2D eigenvalue weighted by atomic mass is 16.6. The summed E-state index contributed by atoms with van der Waals surface area (Å²) in [6.07, 6.45) is 0.0608. The number of carbonyl (C=O) groups is 4. The van der Waals surface area contributed by atoms with E-state index in [1.807, 2.05) is 0 Å². The Bertz CT molecular complexity index is 951. The molecule has 0 radical (unpaired) electrons. The summed E-state index contributed by atoms with van der Waals surface area (Å²) < 4.78 is 17.0. The zero-order valence-electron chi connectivity index (χ0n) is 17.9. The van der Waals surface area contributed by atoms with Crippen LogP contribution in [-0.4, -0.2) is 41.5 Å². The van der Waals surface area contributed by atoms with Gasteiger partial charge in [0.05, 0.1) is 5.92 Å². The molecular weight excluding hydrogens is 388 g/mol. The maximum Gasteiger partial charge on any atom is 0.351 e. The SMILES string of the molecule is C=C(C)C(=O)O[C@@H]1CC(C)=C2C(=O)C=C(C)[C@@H]2[C@@H]2OC(=O)[C@](C)(OC(=O)C(=C)C)[C@H]21. The van der Waals surface area contributed by atoms with Crippen molar-refractivity contribution in [1.82, 2.24) is 0 Å². The molecule has 0 aromatic heterocycles. The molecule has 7 heteroatoms. The molecule has 1 aliphatic heterocycles. The third-order valence-corrected chi connectivity index (χ3v) is 6.02. The van der Waals surface area contributed by atoms with E-state index in [9.17, 15) is 19.2 Å². The molecule has 160 valence electrons. The number of hydrogen-bond donors (Lipinski definition) is 0. The van der Waals surface area contributed by atoms with Crippen LogP contribution in [0, 0.1) is 11.8 Å². The molecule has 1 heterocycles. The summed E-state index contributed by atoms with van der Waals surface area (Å²) in [7, 11) is 0. The van der Waals surface area contributed by atoms with Crippen molar-refractivity contribution in [3.8, 4) is 0 Å². The predicted octanol–water partition coefficient (Wildman–Crippen LogP) is 2.76. The van der Waals surface area contributed by atoms with Gasteiger partial charge in [-0.2, -0.15) is 0 Å². The second-order valence-electron chi connectivity index (χ2n) is 8.53. The number of fused-ring (bicyclic) bond motifs is 3. The van der Waals surface area contributed by atoms with E-state index < -0.39 is 47.6 Å². The van der Waals surface area contributed by atoms with Crippen molar-refractivity contribution in [2.75, 3.05) is 0 Å². The molecular formula is C23H26O7. The van der Waals surface area contributed by atoms with E-state index in [1.54, 1.807) is 13.8 Å². The quantitative estimate of drug-likeness (QED) is 0.396. The Hall–Kier alpha value is -2.96. The molecule has 0 unspecified atom stereocenters. The number of rotatable bonds is 4. The number of esters is 3. The predicted molar refractivity (Wildman–Crippen MR) is 107 cm³/mol. The first-order chi connectivity index (χ1) is 13.9. The first-order valence-corrected chi connectivity index (χ1v) is 9.77. The van der Waals surface area contributed by atoms with Crippen molar-refractivity contribution < 1.29 is 33.4 Å². The Kier molecular flexibility index (Phi) is 5.35. The third-order valence-electron chi connectivity index (χ3n) is 6.02. The Morgan fingerprint density at radius 3 is 2.30 bits per heavy atom. The van der Waals surface area contributed by atoms with Gasteiger partial charge in [0, 0.05) is 29.1 Å². The number of allylic oxidation sites excluding steroid dienone is 1. The van der Waals surface area contributed by atoms with Crippen LogP contribution in [0.15, 0.2) is 47.1 Å². The van der Waals surface area contributed by atoms with Gasteiger partial charge < -0.3 is 14.2 Å². The lowest BCUT2D eigenvalue weighted by molar-refractivity contribution is -0.175. The van der Waals surface area contributed by atoms with E-state index in [0.717, 1.165) is 11.1 Å². The van der Waals surface area contributed by atoms with Crippen LogP contribution >= 0.6 is 0 Å². The molecule has 2 aliphatic carbocycles. The van der Waals surface area contributed by atoms with Crippen molar-refractivity contribution >= 4 is 23.7 Å². The molecule has 7 nitrogen and oxygen atoms in total. The van der Waals surface area contributed by atoms with Crippen LogP contribution in [-0.2, 0) is 33.4 Å². The van der Waals surface area contributed by atoms with Gasteiger partial charge in [0.25, 0.3) is 0 Å². The summed E-state index contributed by atoms with van der Waals surface area (Å²) in [5, 5.41) is 0. The van der Waals surface area contributed by atoms with Crippen molar-refractivity contribution in [3.05, 3.63) is 47.1 Å². The van der Waals surface area contributed by atoms with Crippen LogP contribution < -0.4 is 0 Å². The molecule has 1 fully saturated rings. The van der Waals surface area contributed by atoms with Crippen LogP contribution in [0.25, 0.3) is 0 Å². The Labute approximate surface area is 175 Å². The molecule has 3 rings (SSSR count). The van der Waals surface area contributed by atoms with E-state index in [2.05, 4.69) is 13.2 Å². The lowest BCUT2D eigenvalue weighted by Gasteiger charge is -2.34. The molecule has 0 aromatic rings. The van der Waals surface area contributed by atoms with Gasteiger partial charge in [0.1, 0.15) is 12.2 Å². The van der Waals surface area contributed by atoms with Gasteiger partial charge in [0.15, 0.2) is 5.78 Å². The average Bonchev–Trinajstić information content (AvgIpc) is 3.01. The Balaban J connectivity index is 2.13. The summed E-state index contributed by atoms with van der Waals surface area (Å²) in [5.74, 6) is -3.56. The van der Waals surface area contributed by atoms with Crippen LogP contribution in [0.4, 0.5) is 0 Å². The van der Waals surface area contributed by atoms with Crippen LogP contribution in [0.3, 0.4) is 0 Å². The first-order valence-electron chi connectivity index (χ1n) is 9.77. The van der Waals surface area contributed by atoms with Gasteiger partial charge in [-0.1, -0.05) is 24.3 Å². The molecule has 0 saturated carbocycles. The smallest absolute Gasteiger partial charge is 0.351 e. The molecule has 30 heavy (non-hydrogen) atoms. The third kappa shape index (κ3) is 3.32. The molecule has 0 amide bonds. The highest BCUT2D eigenvalue weighted by Crippen LogP contribution is 2.51. The maximum absolute atomic E-state index is 12.9. The van der Waals surface area contributed by atoms with Gasteiger partial charge in [-0.15, -0.1) is 0 Å². The second kappa shape index (κ2) is 7.38. The summed E-state index contributed by atoms with van der Waals surface area (Å²) in [5.41, 5.74) is 0.649. The average molecular weight is 414 g/mol. The van der Waals surface area contributed by atoms with E-state index >= 15 is 0 Å². The number of ether oxygens (including phenoxy) is 3. The topological polar surface area (TPSA) is 96.0 Å². The van der Waals surface area contributed by atoms with Crippen molar-refractivity contribution in [3.63, 3.8) is 0 Å². The zero-order chi connectivity index (χ0) is 22.5. The van der Waals surface area contributed by atoms with Gasteiger partial charge >= 0.3 is 17.9 Å². The highest BCUT2D eigenvalue weighted by Gasteiger charge is 2.65. The molecule has 0 N–H and O–H groups in total. The fourth-order valence-corrected chi connectivity index (χ4v) is 4.54. The van der Waals surface area contributed by atoms with Crippen molar-refractivity contribution in [2.45, 2.75) is 58.8 Å². The fraction of sp³-hybridized carbons (Fsp3) is 0.478. The van der Waals surface area contributed by atoms with Crippen molar-refractivity contribution in [2.24, 2.45) is 11.8 Å². The Morgan fingerprint density at radius 1 is 1.13 bits per heavy atom. The second-order valence-corrected chi connectivity index (χ2v) is 8.53. The summed E-state index contributed by atoms with van der Waals surface area (Å²) in [4.78, 5) is 50.3. The lowest BCUT2D eigenvalue weighted by Crippen LogP contribution is -2.50. The zero-order valence-corrected chi connectivity index (χ0v) is 17.9. The molecule has 5 atom stereocenters. The van der Waals surface area contributed by atoms with Crippen molar-refractivity contribution in [1.29, 1.82) is 0 Å². The minimum absolute atomic E-state index is 0.124. The molecule has 1 saturated heterocycles. The van der Waals surface area contributed by atoms with Gasteiger partial charge in [-0.05, 0) is 40.7 Å². The van der Waals surface area contributed by atoms with Crippen LogP contribution in [0.2, 0.25) is 0 Å². The number of carbonyl (C=O) groups excluding carboxylic acids is 4. The normalized spacial score (nSPS) is 32.5. The van der Waals surface area contributed by atoms with Gasteiger partial charge in [-0.3, -0.25) is 4.79 Å². The highest BCUT2D eigenvalue weighted by molar-refractivity contribution is 6.09. The van der Waals surface area contributed by atoms with E-state index in [-0.39, 0.29) is 23.4 Å². The first kappa shape index (κ1) is 21.7.